The summed E-state index contributed by atoms with van der Waals surface area (Å²) in [7, 11) is 3.51. The van der Waals surface area contributed by atoms with E-state index in [1.54, 1.807) is 13.2 Å². The summed E-state index contributed by atoms with van der Waals surface area (Å²) >= 11 is 0. The van der Waals surface area contributed by atoms with Gasteiger partial charge in [-0.1, -0.05) is 13.3 Å². The van der Waals surface area contributed by atoms with E-state index in [4.69, 9.17) is 9.47 Å². The Morgan fingerprint density at radius 2 is 2.11 bits per heavy atom. The van der Waals surface area contributed by atoms with Crippen LogP contribution in [0.2, 0.25) is 0 Å². The molecule has 6 nitrogen and oxygen atoms in total. The Labute approximate surface area is 165 Å². The number of amides is 1. The highest BCUT2D eigenvalue weighted by atomic mass is 16.5. The molecule has 0 aliphatic carbocycles. The molecule has 4 rings (SSSR count). The highest BCUT2D eigenvalue weighted by Crippen LogP contribution is 2.41. The lowest BCUT2D eigenvalue weighted by Crippen LogP contribution is -2.39. The summed E-state index contributed by atoms with van der Waals surface area (Å²) in [6.07, 6.45) is 2.89. The molecule has 0 bridgehead atoms. The minimum atomic E-state index is -0.000587. The molecule has 2 aromatic carbocycles. The zero-order valence-corrected chi connectivity index (χ0v) is 16.7. The number of nitrogens with one attached hydrogen (secondary N) is 2. The average Bonchev–Trinajstić information content (AvgIpc) is 3.03. The molecule has 0 saturated heterocycles. The van der Waals surface area contributed by atoms with Crippen LogP contribution < -0.4 is 25.0 Å². The minimum Gasteiger partial charge on any atom is -0.493 e. The normalized spacial score (nSPS) is 17.2. The number of anilines is 3. The van der Waals surface area contributed by atoms with Crippen LogP contribution in [-0.4, -0.2) is 39.3 Å². The molecule has 0 saturated carbocycles. The molecule has 0 spiro atoms. The summed E-state index contributed by atoms with van der Waals surface area (Å²) in [4.78, 5) is 15.4. The molecule has 0 radical (unpaired) electrons. The second kappa shape index (κ2) is 7.62. The summed E-state index contributed by atoms with van der Waals surface area (Å²) in [6, 6.07) is 9.96. The van der Waals surface area contributed by atoms with Crippen LogP contribution in [0, 0.1) is 0 Å². The molecule has 0 unspecified atom stereocenters. The maximum absolute atomic E-state index is 13.4. The van der Waals surface area contributed by atoms with E-state index < -0.39 is 0 Å². The molecule has 28 heavy (non-hydrogen) atoms. The van der Waals surface area contributed by atoms with Gasteiger partial charge in [0.05, 0.1) is 31.0 Å². The lowest BCUT2D eigenvalue weighted by atomic mass is 10.1. The van der Waals surface area contributed by atoms with Crippen LogP contribution in [0.4, 0.5) is 17.1 Å². The number of unbranched alkanes of at least 4 members (excludes halogenated alkanes) is 1. The topological polar surface area (TPSA) is 62.8 Å². The minimum absolute atomic E-state index is 0.000587. The summed E-state index contributed by atoms with van der Waals surface area (Å²) < 4.78 is 11.4. The van der Waals surface area contributed by atoms with Gasteiger partial charge in [0, 0.05) is 31.0 Å². The van der Waals surface area contributed by atoms with Crippen molar-refractivity contribution in [3.8, 4) is 11.5 Å². The van der Waals surface area contributed by atoms with Crippen LogP contribution in [-0.2, 0) is 6.42 Å². The molecule has 2 aliphatic rings. The largest absolute Gasteiger partial charge is 0.493 e. The van der Waals surface area contributed by atoms with Gasteiger partial charge in [0.2, 0.25) is 0 Å². The third-order valence-corrected chi connectivity index (χ3v) is 5.48. The molecule has 1 atom stereocenters. The number of benzene rings is 2. The summed E-state index contributed by atoms with van der Waals surface area (Å²) in [5.74, 6) is 1.27. The van der Waals surface area contributed by atoms with Crippen molar-refractivity contribution in [2.24, 2.45) is 0 Å². The van der Waals surface area contributed by atoms with Gasteiger partial charge < -0.3 is 25.0 Å². The van der Waals surface area contributed by atoms with E-state index in [1.807, 2.05) is 30.1 Å². The van der Waals surface area contributed by atoms with Crippen LogP contribution >= 0.6 is 0 Å². The van der Waals surface area contributed by atoms with Crippen molar-refractivity contribution >= 4 is 23.0 Å². The monoisotopic (exact) mass is 381 g/mol. The molecule has 148 valence electrons. The standard InChI is InChI=1S/C22H27N3O3/c1-4-5-8-28-21-12-18-17(11-20(21)27-3)22(26)25-16(13-24-18)10-14-9-15(23-2)6-7-19(14)25/h6-7,9,11-12,16,23-24H,4-5,8,10,13H2,1-3H3/t16-/m0/s1. The first-order valence-electron chi connectivity index (χ1n) is 9.89. The van der Waals surface area contributed by atoms with Gasteiger partial charge in [-0.15, -0.1) is 0 Å². The number of ether oxygens (including phenoxy) is 2. The van der Waals surface area contributed by atoms with E-state index >= 15 is 0 Å². The Hall–Kier alpha value is -2.89. The maximum atomic E-state index is 13.4. The first-order chi connectivity index (χ1) is 13.7. The van der Waals surface area contributed by atoms with E-state index in [2.05, 4.69) is 23.6 Å². The Bertz CT molecular complexity index is 897. The number of rotatable bonds is 6. The van der Waals surface area contributed by atoms with Crippen LogP contribution in [0.25, 0.3) is 0 Å². The fraction of sp³-hybridized carbons (Fsp3) is 0.409. The van der Waals surface area contributed by atoms with Gasteiger partial charge in [0.25, 0.3) is 5.91 Å². The molecule has 6 heteroatoms. The number of carbonyl (C=O) groups is 1. The third-order valence-electron chi connectivity index (χ3n) is 5.48. The number of fused-ring (bicyclic) bond motifs is 4. The highest BCUT2D eigenvalue weighted by Gasteiger charge is 2.37. The van der Waals surface area contributed by atoms with Gasteiger partial charge in [-0.05, 0) is 42.7 Å². The lowest BCUT2D eigenvalue weighted by Gasteiger charge is -2.23. The van der Waals surface area contributed by atoms with E-state index in [1.165, 1.54) is 5.56 Å². The zero-order valence-electron chi connectivity index (χ0n) is 16.7. The predicted octanol–water partition coefficient (Wildman–Crippen LogP) is 3.91. The number of methoxy groups -OCH3 is 1. The van der Waals surface area contributed by atoms with Gasteiger partial charge >= 0.3 is 0 Å². The lowest BCUT2D eigenvalue weighted by molar-refractivity contribution is 0.0983. The van der Waals surface area contributed by atoms with Gasteiger partial charge in [-0.2, -0.15) is 0 Å². The Morgan fingerprint density at radius 1 is 1.25 bits per heavy atom. The van der Waals surface area contributed by atoms with Gasteiger partial charge in [-0.25, -0.2) is 0 Å². The summed E-state index contributed by atoms with van der Waals surface area (Å²) in [5, 5.41) is 6.63. The number of carbonyl (C=O) groups excluding carboxylic acids is 1. The summed E-state index contributed by atoms with van der Waals surface area (Å²) in [5.41, 5.74) is 4.67. The third kappa shape index (κ3) is 3.13. The van der Waals surface area contributed by atoms with Crippen molar-refractivity contribution in [2.45, 2.75) is 32.2 Å². The molecule has 0 fully saturated rings. The Morgan fingerprint density at radius 3 is 2.86 bits per heavy atom. The highest BCUT2D eigenvalue weighted by molar-refractivity contribution is 6.12. The number of hydrogen-bond acceptors (Lipinski definition) is 5. The SMILES string of the molecule is CCCCOc1cc2c(cc1OC)C(=O)N1c3ccc(NC)cc3C[C@H]1CN2. The summed E-state index contributed by atoms with van der Waals surface area (Å²) in [6.45, 7) is 3.46. The predicted molar refractivity (Wildman–Crippen MR) is 112 cm³/mol. The molecule has 2 N–H and O–H groups in total. The molecule has 2 aliphatic heterocycles. The molecule has 1 amide bonds. The van der Waals surface area contributed by atoms with Crippen LogP contribution in [0.5, 0.6) is 11.5 Å². The molecule has 2 aromatic rings. The number of nitrogens with zero attached hydrogens (tertiary/aromatic N) is 1. The van der Waals surface area contributed by atoms with Crippen molar-refractivity contribution in [3.05, 3.63) is 41.5 Å². The van der Waals surface area contributed by atoms with Crippen molar-refractivity contribution < 1.29 is 14.3 Å². The second-order valence-electron chi connectivity index (χ2n) is 7.26. The molecule has 2 heterocycles. The van der Waals surface area contributed by atoms with Crippen molar-refractivity contribution in [1.82, 2.24) is 0 Å². The van der Waals surface area contributed by atoms with E-state index in [0.29, 0.717) is 30.2 Å². The fourth-order valence-electron chi connectivity index (χ4n) is 3.96. The zero-order chi connectivity index (χ0) is 19.7. The first kappa shape index (κ1) is 18.5. The quantitative estimate of drug-likeness (QED) is 0.743. The maximum Gasteiger partial charge on any atom is 0.260 e. The van der Waals surface area contributed by atoms with Crippen molar-refractivity contribution in [2.75, 3.05) is 42.8 Å². The smallest absolute Gasteiger partial charge is 0.260 e. The van der Waals surface area contributed by atoms with Crippen LogP contribution in [0.15, 0.2) is 30.3 Å². The van der Waals surface area contributed by atoms with Gasteiger partial charge in [0.15, 0.2) is 11.5 Å². The van der Waals surface area contributed by atoms with Gasteiger partial charge in [-0.3, -0.25) is 4.79 Å². The van der Waals surface area contributed by atoms with E-state index in [-0.39, 0.29) is 11.9 Å². The fourth-order valence-corrected chi connectivity index (χ4v) is 3.96. The van der Waals surface area contributed by atoms with Crippen molar-refractivity contribution in [1.29, 1.82) is 0 Å². The van der Waals surface area contributed by atoms with Crippen molar-refractivity contribution in [3.63, 3.8) is 0 Å². The van der Waals surface area contributed by atoms with Gasteiger partial charge in [0.1, 0.15) is 0 Å². The Balaban J connectivity index is 1.69. The molecular weight excluding hydrogens is 354 g/mol. The molecular formula is C22H27N3O3. The van der Waals surface area contributed by atoms with Crippen LogP contribution in [0.1, 0.15) is 35.7 Å². The average molecular weight is 381 g/mol. The van der Waals surface area contributed by atoms with E-state index in [0.717, 1.165) is 36.3 Å². The number of hydrogen-bond donors (Lipinski definition) is 2. The van der Waals surface area contributed by atoms with Crippen LogP contribution in [0.3, 0.4) is 0 Å². The first-order valence-corrected chi connectivity index (χ1v) is 9.89. The Kier molecular flexibility index (Phi) is 5.03. The van der Waals surface area contributed by atoms with E-state index in [9.17, 15) is 4.79 Å². The second-order valence-corrected chi connectivity index (χ2v) is 7.26. The molecule has 0 aromatic heterocycles.